The third-order valence-electron chi connectivity index (χ3n) is 3.68. The van der Waals surface area contributed by atoms with E-state index in [4.69, 9.17) is 21.1 Å². The summed E-state index contributed by atoms with van der Waals surface area (Å²) in [7, 11) is 1.45. The molecular formula is C19H17ClN2O4. The van der Waals surface area contributed by atoms with Gasteiger partial charge < -0.3 is 20.1 Å². The molecule has 0 saturated carbocycles. The molecule has 3 rings (SSSR count). The summed E-state index contributed by atoms with van der Waals surface area (Å²) in [6.45, 7) is 0.170. The fraction of sp³-hybridized carbons (Fsp3) is 0.158. The maximum atomic E-state index is 12.4. The molecule has 134 valence electrons. The molecule has 2 N–H and O–H groups in total. The van der Waals surface area contributed by atoms with E-state index in [1.807, 2.05) is 0 Å². The Morgan fingerprint density at radius 1 is 1.12 bits per heavy atom. The molecule has 0 atom stereocenters. The van der Waals surface area contributed by atoms with E-state index in [9.17, 15) is 9.59 Å². The average Bonchev–Trinajstić information content (AvgIpc) is 2.63. The lowest BCUT2D eigenvalue weighted by atomic mass is 10.1. The van der Waals surface area contributed by atoms with Gasteiger partial charge in [0.05, 0.1) is 5.57 Å². The Kier molecular flexibility index (Phi) is 5.55. The lowest BCUT2D eigenvalue weighted by Crippen LogP contribution is -2.21. The fourth-order valence-electron chi connectivity index (χ4n) is 2.46. The maximum Gasteiger partial charge on any atom is 0.255 e. The van der Waals surface area contributed by atoms with Crippen molar-refractivity contribution in [3.63, 3.8) is 0 Å². The van der Waals surface area contributed by atoms with Crippen molar-refractivity contribution in [3.8, 4) is 5.75 Å². The van der Waals surface area contributed by atoms with Gasteiger partial charge >= 0.3 is 0 Å². The van der Waals surface area contributed by atoms with E-state index in [0.29, 0.717) is 27.7 Å². The molecule has 1 heterocycles. The molecule has 2 aromatic carbocycles. The minimum absolute atomic E-state index is 0.0157. The number of amides is 2. The van der Waals surface area contributed by atoms with Gasteiger partial charge in [-0.3, -0.25) is 9.59 Å². The molecule has 1 aliphatic heterocycles. The van der Waals surface area contributed by atoms with E-state index in [1.54, 1.807) is 48.5 Å². The summed E-state index contributed by atoms with van der Waals surface area (Å²) < 4.78 is 10.3. The number of halogens is 1. The van der Waals surface area contributed by atoms with Crippen molar-refractivity contribution in [3.05, 3.63) is 58.6 Å². The zero-order valence-corrected chi connectivity index (χ0v) is 14.8. The summed E-state index contributed by atoms with van der Waals surface area (Å²) in [5.41, 5.74) is 2.49. The highest BCUT2D eigenvalue weighted by atomic mass is 35.5. The summed E-state index contributed by atoms with van der Waals surface area (Å²) in [5, 5.41) is 6.07. The van der Waals surface area contributed by atoms with Crippen LogP contribution in [-0.2, 0) is 14.3 Å². The molecular weight excluding hydrogens is 356 g/mol. The van der Waals surface area contributed by atoms with Crippen molar-refractivity contribution in [2.75, 3.05) is 31.0 Å². The number of carbonyl (C=O) groups is 2. The number of rotatable bonds is 5. The Hall–Kier alpha value is -2.83. The van der Waals surface area contributed by atoms with Gasteiger partial charge in [-0.1, -0.05) is 11.6 Å². The van der Waals surface area contributed by atoms with Crippen LogP contribution in [0, 0.1) is 0 Å². The first-order valence-corrected chi connectivity index (χ1v) is 8.26. The van der Waals surface area contributed by atoms with Crippen molar-refractivity contribution >= 4 is 40.9 Å². The van der Waals surface area contributed by atoms with E-state index in [-0.39, 0.29) is 25.0 Å². The Morgan fingerprint density at radius 3 is 2.50 bits per heavy atom. The van der Waals surface area contributed by atoms with Gasteiger partial charge in [0.25, 0.3) is 5.91 Å². The van der Waals surface area contributed by atoms with Crippen LogP contribution in [0.1, 0.15) is 5.56 Å². The van der Waals surface area contributed by atoms with Crippen LogP contribution in [-0.4, -0.2) is 32.1 Å². The third kappa shape index (κ3) is 4.41. The van der Waals surface area contributed by atoms with Gasteiger partial charge in [0.1, 0.15) is 19.0 Å². The lowest BCUT2D eigenvalue weighted by Gasteiger charge is -2.18. The molecule has 6 nitrogen and oxygen atoms in total. The van der Waals surface area contributed by atoms with Crippen LogP contribution in [0.4, 0.5) is 11.4 Å². The van der Waals surface area contributed by atoms with Crippen LogP contribution in [0.15, 0.2) is 48.0 Å². The number of methoxy groups -OCH3 is 1. The quantitative estimate of drug-likeness (QED) is 0.844. The summed E-state index contributed by atoms with van der Waals surface area (Å²) >= 11 is 5.98. The van der Waals surface area contributed by atoms with Gasteiger partial charge in [-0.05, 0) is 48.5 Å². The summed E-state index contributed by atoms with van der Waals surface area (Å²) in [5.74, 6) is 0.194. The molecule has 0 aliphatic carbocycles. The molecule has 7 heteroatoms. The van der Waals surface area contributed by atoms with E-state index in [2.05, 4.69) is 10.6 Å². The minimum Gasteiger partial charge on any atom is -0.488 e. The monoisotopic (exact) mass is 372 g/mol. The molecule has 0 spiro atoms. The van der Waals surface area contributed by atoms with Crippen LogP contribution in [0.5, 0.6) is 5.75 Å². The van der Waals surface area contributed by atoms with Gasteiger partial charge in [-0.15, -0.1) is 0 Å². The van der Waals surface area contributed by atoms with E-state index < -0.39 is 0 Å². The van der Waals surface area contributed by atoms with Gasteiger partial charge in [0.2, 0.25) is 5.91 Å². The summed E-state index contributed by atoms with van der Waals surface area (Å²) in [6, 6.07) is 12.1. The van der Waals surface area contributed by atoms with Crippen LogP contribution in [0.2, 0.25) is 5.02 Å². The van der Waals surface area contributed by atoms with Crippen molar-refractivity contribution in [1.82, 2.24) is 0 Å². The largest absolute Gasteiger partial charge is 0.488 e. The Morgan fingerprint density at radius 2 is 1.81 bits per heavy atom. The summed E-state index contributed by atoms with van der Waals surface area (Å²) in [6.07, 6.45) is 1.76. The van der Waals surface area contributed by atoms with Gasteiger partial charge in [-0.25, -0.2) is 0 Å². The van der Waals surface area contributed by atoms with Gasteiger partial charge in [-0.2, -0.15) is 0 Å². The zero-order chi connectivity index (χ0) is 18.5. The second-order valence-electron chi connectivity index (χ2n) is 5.65. The lowest BCUT2D eigenvalue weighted by molar-refractivity contribution is -0.119. The minimum atomic E-state index is -0.258. The number of nitrogens with one attached hydrogen (secondary N) is 2. The van der Waals surface area contributed by atoms with E-state index >= 15 is 0 Å². The van der Waals surface area contributed by atoms with Crippen molar-refractivity contribution in [1.29, 1.82) is 0 Å². The number of fused-ring (bicyclic) bond motifs is 1. The molecule has 2 amide bonds. The fourth-order valence-corrected chi connectivity index (χ4v) is 2.64. The van der Waals surface area contributed by atoms with Crippen LogP contribution >= 0.6 is 11.6 Å². The molecule has 0 aromatic heterocycles. The SMILES string of the molecule is COCC(=O)Nc1ccc(NC(=O)C2=Cc3cc(Cl)ccc3OC2)cc1. The molecule has 0 bridgehead atoms. The van der Waals surface area contributed by atoms with E-state index in [1.165, 1.54) is 7.11 Å². The van der Waals surface area contributed by atoms with Crippen molar-refractivity contribution < 1.29 is 19.1 Å². The second-order valence-corrected chi connectivity index (χ2v) is 6.09. The number of hydrogen-bond donors (Lipinski definition) is 2. The Balaban J connectivity index is 1.66. The van der Waals surface area contributed by atoms with Crippen molar-refractivity contribution in [2.45, 2.75) is 0 Å². The summed E-state index contributed by atoms with van der Waals surface area (Å²) in [4.78, 5) is 23.9. The Labute approximate surface area is 155 Å². The second kappa shape index (κ2) is 8.03. The zero-order valence-electron chi connectivity index (χ0n) is 14.0. The predicted molar refractivity (Wildman–Crippen MR) is 101 cm³/mol. The van der Waals surface area contributed by atoms with Crippen LogP contribution in [0.25, 0.3) is 6.08 Å². The molecule has 2 aromatic rings. The number of anilines is 2. The van der Waals surface area contributed by atoms with Gasteiger partial charge in [0, 0.05) is 29.1 Å². The Bertz CT molecular complexity index is 862. The molecule has 1 aliphatic rings. The third-order valence-corrected chi connectivity index (χ3v) is 3.91. The normalized spacial score (nSPS) is 12.5. The number of carbonyl (C=O) groups excluding carboxylic acids is 2. The molecule has 0 fully saturated rings. The molecule has 0 radical (unpaired) electrons. The first-order valence-electron chi connectivity index (χ1n) is 7.88. The molecule has 0 saturated heterocycles. The van der Waals surface area contributed by atoms with Crippen LogP contribution in [0.3, 0.4) is 0 Å². The molecule has 0 unspecified atom stereocenters. The van der Waals surface area contributed by atoms with Crippen LogP contribution < -0.4 is 15.4 Å². The highest BCUT2D eigenvalue weighted by Crippen LogP contribution is 2.29. The maximum absolute atomic E-state index is 12.4. The average molecular weight is 373 g/mol. The highest BCUT2D eigenvalue weighted by molar-refractivity contribution is 6.30. The standard InChI is InChI=1S/C19H17ClN2O4/c1-25-11-18(23)21-15-3-5-16(6-4-15)22-19(24)13-8-12-9-14(20)2-7-17(12)26-10-13/h2-9H,10-11H2,1H3,(H,21,23)(H,22,24). The number of benzene rings is 2. The first kappa shape index (κ1) is 18.0. The van der Waals surface area contributed by atoms with Gasteiger partial charge in [0.15, 0.2) is 0 Å². The van der Waals surface area contributed by atoms with E-state index in [0.717, 1.165) is 5.56 Å². The number of ether oxygens (including phenoxy) is 2. The molecule has 26 heavy (non-hydrogen) atoms. The highest BCUT2D eigenvalue weighted by Gasteiger charge is 2.17. The topological polar surface area (TPSA) is 76.7 Å². The smallest absolute Gasteiger partial charge is 0.255 e. The van der Waals surface area contributed by atoms with Crippen molar-refractivity contribution in [2.24, 2.45) is 0 Å². The first-order chi connectivity index (χ1) is 12.5. The number of hydrogen-bond acceptors (Lipinski definition) is 4. The predicted octanol–water partition coefficient (Wildman–Crippen LogP) is 3.34.